The maximum absolute atomic E-state index is 6.38. The Hall–Kier alpha value is -0.810. The Balaban J connectivity index is 0.00000156. The number of benzene rings is 1. The zero-order valence-electron chi connectivity index (χ0n) is 12.5. The monoisotopic (exact) mass is 373 g/mol. The second-order valence-corrected chi connectivity index (χ2v) is 7.20. The van der Waals surface area contributed by atoms with Crippen LogP contribution in [0.25, 0.3) is 0 Å². The molecule has 1 heterocycles. The summed E-state index contributed by atoms with van der Waals surface area (Å²) in [5.74, 6) is 1.86. The minimum Gasteiger partial charge on any atom is -0.339 e. The SMILES string of the molecule is Cl.NC1(c2noc(C3CC3c3cccc(Cl)c3Cl)n2)CCCC1. The molecule has 0 radical (unpaired) electrons. The van der Waals surface area contributed by atoms with Gasteiger partial charge in [0, 0.05) is 5.92 Å². The van der Waals surface area contributed by atoms with E-state index in [9.17, 15) is 0 Å². The lowest BCUT2D eigenvalue weighted by Gasteiger charge is -2.17. The molecular formula is C16H18Cl3N3O. The second kappa shape index (κ2) is 6.25. The van der Waals surface area contributed by atoms with Crippen LogP contribution in [-0.2, 0) is 5.54 Å². The van der Waals surface area contributed by atoms with Crippen LogP contribution in [0.15, 0.2) is 22.7 Å². The van der Waals surface area contributed by atoms with Crippen LogP contribution in [-0.4, -0.2) is 10.1 Å². The molecule has 2 aliphatic carbocycles. The van der Waals surface area contributed by atoms with E-state index in [1.807, 2.05) is 12.1 Å². The fourth-order valence-electron chi connectivity index (χ4n) is 3.44. The molecule has 1 aromatic carbocycles. The lowest BCUT2D eigenvalue weighted by Crippen LogP contribution is -2.34. The van der Waals surface area contributed by atoms with Crippen molar-refractivity contribution in [3.8, 4) is 0 Å². The topological polar surface area (TPSA) is 64.9 Å². The third kappa shape index (κ3) is 2.98. The molecule has 2 saturated carbocycles. The van der Waals surface area contributed by atoms with Gasteiger partial charge in [-0.1, -0.05) is 53.3 Å². The molecule has 0 amide bonds. The van der Waals surface area contributed by atoms with E-state index in [2.05, 4.69) is 10.1 Å². The Bertz CT molecular complexity index is 712. The van der Waals surface area contributed by atoms with Crippen molar-refractivity contribution in [2.75, 3.05) is 0 Å². The maximum atomic E-state index is 6.38. The van der Waals surface area contributed by atoms with Gasteiger partial charge in [0.15, 0.2) is 5.82 Å². The maximum Gasteiger partial charge on any atom is 0.230 e. The van der Waals surface area contributed by atoms with E-state index in [1.54, 1.807) is 6.07 Å². The molecule has 4 rings (SSSR count). The summed E-state index contributed by atoms with van der Waals surface area (Å²) in [6, 6.07) is 5.73. The van der Waals surface area contributed by atoms with E-state index in [-0.39, 0.29) is 18.3 Å². The molecule has 23 heavy (non-hydrogen) atoms. The summed E-state index contributed by atoms with van der Waals surface area (Å²) in [6.45, 7) is 0. The molecule has 0 aliphatic heterocycles. The number of hydrogen-bond acceptors (Lipinski definition) is 4. The first-order valence-electron chi connectivity index (χ1n) is 7.65. The van der Waals surface area contributed by atoms with E-state index >= 15 is 0 Å². The molecule has 2 atom stereocenters. The highest BCUT2D eigenvalue weighted by Crippen LogP contribution is 2.56. The van der Waals surface area contributed by atoms with Gasteiger partial charge in [-0.25, -0.2) is 0 Å². The first kappa shape index (κ1) is 17.0. The van der Waals surface area contributed by atoms with Gasteiger partial charge in [0.1, 0.15) is 0 Å². The van der Waals surface area contributed by atoms with E-state index in [0.717, 1.165) is 37.7 Å². The predicted molar refractivity (Wildman–Crippen MR) is 92.4 cm³/mol. The molecule has 2 fully saturated rings. The van der Waals surface area contributed by atoms with E-state index in [4.69, 9.17) is 33.5 Å². The molecule has 0 bridgehead atoms. The largest absolute Gasteiger partial charge is 0.339 e. The molecule has 1 aromatic heterocycles. The lowest BCUT2D eigenvalue weighted by molar-refractivity contribution is 0.348. The zero-order chi connectivity index (χ0) is 15.3. The van der Waals surface area contributed by atoms with Gasteiger partial charge in [0.05, 0.1) is 15.6 Å². The molecule has 2 aromatic rings. The lowest BCUT2D eigenvalue weighted by atomic mass is 9.99. The van der Waals surface area contributed by atoms with Gasteiger partial charge < -0.3 is 10.3 Å². The standard InChI is InChI=1S/C16H17Cl2N3O.ClH/c17-12-5-3-4-9(13(12)18)10-8-11(10)14-20-15(21-22-14)16(19)6-1-2-7-16;/h3-5,10-11H,1-2,6-8,19H2;1H. The third-order valence-electron chi connectivity index (χ3n) is 4.87. The molecule has 2 N–H and O–H groups in total. The Labute approximate surface area is 151 Å². The highest BCUT2D eigenvalue weighted by molar-refractivity contribution is 6.42. The Morgan fingerprint density at radius 2 is 1.91 bits per heavy atom. The van der Waals surface area contributed by atoms with E-state index < -0.39 is 5.54 Å². The first-order valence-corrected chi connectivity index (χ1v) is 8.41. The number of nitrogens with two attached hydrogens (primary N) is 1. The summed E-state index contributed by atoms with van der Waals surface area (Å²) >= 11 is 12.4. The van der Waals surface area contributed by atoms with Crippen molar-refractivity contribution < 1.29 is 4.52 Å². The van der Waals surface area contributed by atoms with Gasteiger partial charge >= 0.3 is 0 Å². The Morgan fingerprint density at radius 1 is 1.17 bits per heavy atom. The summed E-state index contributed by atoms with van der Waals surface area (Å²) in [6.07, 6.45) is 5.08. The molecule has 0 saturated heterocycles. The summed E-state index contributed by atoms with van der Waals surface area (Å²) in [7, 11) is 0. The van der Waals surface area contributed by atoms with Crippen LogP contribution in [0.5, 0.6) is 0 Å². The fraction of sp³-hybridized carbons (Fsp3) is 0.500. The fourth-order valence-corrected chi connectivity index (χ4v) is 3.88. The number of rotatable bonds is 3. The van der Waals surface area contributed by atoms with Gasteiger partial charge in [-0.2, -0.15) is 4.98 Å². The predicted octanol–water partition coefficient (Wildman–Crippen LogP) is 4.80. The minimum atomic E-state index is -0.403. The average molecular weight is 375 g/mol. The summed E-state index contributed by atoms with van der Waals surface area (Å²) in [5.41, 5.74) is 7.04. The van der Waals surface area contributed by atoms with Crippen molar-refractivity contribution in [1.82, 2.24) is 10.1 Å². The van der Waals surface area contributed by atoms with Crippen molar-refractivity contribution in [3.63, 3.8) is 0 Å². The van der Waals surface area contributed by atoms with Crippen LogP contribution < -0.4 is 5.73 Å². The van der Waals surface area contributed by atoms with E-state index in [1.165, 1.54) is 0 Å². The quantitative estimate of drug-likeness (QED) is 0.838. The van der Waals surface area contributed by atoms with Gasteiger partial charge in [0.25, 0.3) is 0 Å². The molecule has 0 spiro atoms. The van der Waals surface area contributed by atoms with Gasteiger partial charge in [-0.05, 0) is 36.8 Å². The molecular weight excluding hydrogens is 357 g/mol. The number of hydrogen-bond donors (Lipinski definition) is 1. The van der Waals surface area contributed by atoms with Gasteiger partial charge in [-0.3, -0.25) is 0 Å². The van der Waals surface area contributed by atoms with Crippen molar-refractivity contribution in [1.29, 1.82) is 0 Å². The first-order chi connectivity index (χ1) is 10.6. The van der Waals surface area contributed by atoms with Gasteiger partial charge in [-0.15, -0.1) is 12.4 Å². The smallest absolute Gasteiger partial charge is 0.230 e. The van der Waals surface area contributed by atoms with E-state index in [0.29, 0.717) is 27.7 Å². The van der Waals surface area contributed by atoms with Crippen molar-refractivity contribution >= 4 is 35.6 Å². The van der Waals surface area contributed by atoms with Crippen LogP contribution in [0.1, 0.15) is 61.2 Å². The zero-order valence-corrected chi connectivity index (χ0v) is 14.8. The molecule has 124 valence electrons. The van der Waals surface area contributed by atoms with Crippen LogP contribution >= 0.6 is 35.6 Å². The highest BCUT2D eigenvalue weighted by atomic mass is 35.5. The highest BCUT2D eigenvalue weighted by Gasteiger charge is 2.46. The third-order valence-corrected chi connectivity index (χ3v) is 5.70. The molecule has 2 unspecified atom stereocenters. The summed E-state index contributed by atoms with van der Waals surface area (Å²) < 4.78 is 5.47. The number of halogens is 3. The van der Waals surface area contributed by atoms with Crippen LogP contribution in [0, 0.1) is 0 Å². The van der Waals surface area contributed by atoms with Crippen molar-refractivity contribution in [2.24, 2.45) is 5.73 Å². The Kier molecular flexibility index (Phi) is 4.62. The summed E-state index contributed by atoms with van der Waals surface area (Å²) in [5, 5.41) is 5.34. The number of aromatic nitrogens is 2. The van der Waals surface area contributed by atoms with Crippen molar-refractivity contribution in [3.05, 3.63) is 45.5 Å². The average Bonchev–Trinajstić information content (AvgIpc) is 2.93. The molecule has 7 heteroatoms. The summed E-state index contributed by atoms with van der Waals surface area (Å²) in [4.78, 5) is 4.58. The normalized spacial score (nSPS) is 25.2. The molecule has 2 aliphatic rings. The van der Waals surface area contributed by atoms with Crippen LogP contribution in [0.4, 0.5) is 0 Å². The number of nitrogens with zero attached hydrogens (tertiary/aromatic N) is 2. The Morgan fingerprint density at radius 3 is 2.65 bits per heavy atom. The van der Waals surface area contributed by atoms with Crippen LogP contribution in [0.2, 0.25) is 10.0 Å². The second-order valence-electron chi connectivity index (χ2n) is 6.41. The molecule has 4 nitrogen and oxygen atoms in total. The van der Waals surface area contributed by atoms with Gasteiger partial charge in [0.2, 0.25) is 5.89 Å². The van der Waals surface area contributed by atoms with Crippen LogP contribution in [0.3, 0.4) is 0 Å². The van der Waals surface area contributed by atoms with Crippen molar-refractivity contribution in [2.45, 2.75) is 49.5 Å². The minimum absolute atomic E-state index is 0.